The molecule has 48 heavy (non-hydrogen) atoms. The first-order valence-corrected chi connectivity index (χ1v) is 15.1. The number of hydrogen-bond donors (Lipinski definition) is 3. The molecule has 0 bridgehead atoms. The summed E-state index contributed by atoms with van der Waals surface area (Å²) < 4.78 is 10.4. The lowest BCUT2D eigenvalue weighted by Gasteiger charge is -2.33. The third-order valence-corrected chi connectivity index (χ3v) is 7.30. The van der Waals surface area contributed by atoms with Gasteiger partial charge in [-0.1, -0.05) is 109 Å². The Kier molecular flexibility index (Phi) is 12.6. The van der Waals surface area contributed by atoms with Crippen molar-refractivity contribution in [3.8, 4) is 5.75 Å². The average molecular weight is 653 g/mol. The number of hydrogen-bond acceptors (Lipinski definition) is 8. The van der Waals surface area contributed by atoms with E-state index in [4.69, 9.17) is 20.9 Å². The van der Waals surface area contributed by atoms with Crippen LogP contribution in [-0.2, 0) is 27.5 Å². The van der Waals surface area contributed by atoms with Crippen molar-refractivity contribution in [1.82, 2.24) is 10.3 Å². The van der Waals surface area contributed by atoms with Crippen LogP contribution in [0, 0.1) is 10.1 Å². The first-order valence-electron chi connectivity index (χ1n) is 15.1. The number of guanidine groups is 1. The Morgan fingerprint density at radius 1 is 0.812 bits per heavy atom. The zero-order chi connectivity index (χ0) is 34.3. The molecule has 0 aliphatic heterocycles. The molecule has 0 aliphatic carbocycles. The number of aliphatic imine (C=N–C) groups is 1. The predicted molar refractivity (Wildman–Crippen MR) is 178 cm³/mol. The Hall–Kier alpha value is -6.24. The number of nitro groups is 1. The molecule has 0 saturated heterocycles. The fourth-order valence-electron chi connectivity index (χ4n) is 5.03. The van der Waals surface area contributed by atoms with Crippen molar-refractivity contribution < 1.29 is 28.9 Å². The second-order valence-corrected chi connectivity index (χ2v) is 10.7. The highest BCUT2D eigenvalue weighted by Gasteiger charge is 2.34. The van der Waals surface area contributed by atoms with Gasteiger partial charge in [0.05, 0.1) is 5.92 Å². The van der Waals surface area contributed by atoms with E-state index in [1.54, 1.807) is 60.0 Å². The first kappa shape index (κ1) is 34.6. The highest BCUT2D eigenvalue weighted by atomic mass is 16.7. The van der Waals surface area contributed by atoms with Crippen LogP contribution in [0.3, 0.4) is 0 Å². The lowest BCUT2D eigenvalue weighted by atomic mass is 9.89. The van der Waals surface area contributed by atoms with Crippen LogP contribution < -0.4 is 21.6 Å². The van der Waals surface area contributed by atoms with Crippen LogP contribution in [0.15, 0.2) is 120 Å². The van der Waals surface area contributed by atoms with E-state index in [1.165, 1.54) is 4.90 Å². The van der Waals surface area contributed by atoms with Gasteiger partial charge in [0.25, 0.3) is 5.96 Å². The Morgan fingerprint density at radius 3 is 1.90 bits per heavy atom. The van der Waals surface area contributed by atoms with Gasteiger partial charge >= 0.3 is 6.16 Å². The smallest absolute Gasteiger partial charge is 0.429 e. The standard InChI is InChI=1S/C35H36N6O7/c36-32(42)30(17-10-22-38-34(37)39-41(45)46)40(33(43)31(27-11-4-1-5-12-27)28-13-6-2-7-14-28)23-25-18-20-26(21-19-25)24-47-35(44)48-29-15-8-3-9-16-29/h1-9,11-16,18-21,30-31H,10,17,22-24H2,(H2,36,42)(H3,37,38,39)/t30-/m1/s1. The topological polar surface area (TPSA) is 192 Å². The van der Waals surface area contributed by atoms with Crippen LogP contribution in [0.1, 0.15) is 41.0 Å². The molecule has 2 amide bonds. The summed E-state index contributed by atoms with van der Waals surface area (Å²) >= 11 is 0. The minimum Gasteiger partial charge on any atom is -0.429 e. The monoisotopic (exact) mass is 652 g/mol. The predicted octanol–water partition coefficient (Wildman–Crippen LogP) is 4.29. The van der Waals surface area contributed by atoms with Crippen LogP contribution in [0.5, 0.6) is 5.75 Å². The highest BCUT2D eigenvalue weighted by Crippen LogP contribution is 2.29. The minimum atomic E-state index is -1.04. The summed E-state index contributed by atoms with van der Waals surface area (Å²) in [4.78, 5) is 55.6. The van der Waals surface area contributed by atoms with E-state index in [0.29, 0.717) is 16.9 Å². The number of hydrazine groups is 1. The number of primary amides is 1. The van der Waals surface area contributed by atoms with E-state index in [1.807, 2.05) is 60.7 Å². The van der Waals surface area contributed by atoms with Crippen LogP contribution in [0.2, 0.25) is 0 Å². The van der Waals surface area contributed by atoms with Crippen LogP contribution in [-0.4, -0.2) is 46.4 Å². The molecule has 0 heterocycles. The lowest BCUT2D eigenvalue weighted by molar-refractivity contribution is -0.525. The maximum atomic E-state index is 14.6. The molecule has 0 aliphatic rings. The Morgan fingerprint density at radius 2 is 1.35 bits per heavy atom. The van der Waals surface area contributed by atoms with Gasteiger partial charge < -0.3 is 25.8 Å². The molecule has 4 rings (SSSR count). The number of amides is 2. The van der Waals surface area contributed by atoms with Crippen molar-refractivity contribution in [3.05, 3.63) is 148 Å². The summed E-state index contributed by atoms with van der Waals surface area (Å²) in [6.45, 7) is 0.0479. The molecular weight excluding hydrogens is 616 g/mol. The molecule has 4 aromatic rings. The van der Waals surface area contributed by atoms with E-state index < -0.39 is 29.1 Å². The lowest BCUT2D eigenvalue weighted by Crippen LogP contribution is -2.49. The molecule has 0 aromatic heterocycles. The second-order valence-electron chi connectivity index (χ2n) is 10.7. The number of carbonyl (C=O) groups is 3. The van der Waals surface area contributed by atoms with Crippen LogP contribution >= 0.6 is 0 Å². The molecule has 5 N–H and O–H groups in total. The summed E-state index contributed by atoms with van der Waals surface area (Å²) in [5.41, 5.74) is 16.0. The normalized spacial score (nSPS) is 11.7. The van der Waals surface area contributed by atoms with E-state index in [-0.39, 0.29) is 44.4 Å². The number of carbonyl (C=O) groups excluding carboxylic acids is 3. The third kappa shape index (κ3) is 10.4. The fourth-order valence-corrected chi connectivity index (χ4v) is 5.03. The molecule has 248 valence electrons. The van der Waals surface area contributed by atoms with Gasteiger partial charge in [-0.05, 0) is 47.2 Å². The Balaban J connectivity index is 1.56. The van der Waals surface area contributed by atoms with E-state index in [0.717, 1.165) is 11.1 Å². The van der Waals surface area contributed by atoms with Crippen LogP contribution in [0.25, 0.3) is 0 Å². The third-order valence-electron chi connectivity index (χ3n) is 7.30. The molecule has 0 radical (unpaired) electrons. The SMILES string of the molecule is NC(=O)[C@@H](CCCN=C(N)N[N+](=O)[O-])N(Cc1ccc(COC(=O)Oc2ccccc2)cc1)C(=O)C(c1ccccc1)c1ccccc1. The maximum absolute atomic E-state index is 14.6. The number of nitrogens with two attached hydrogens (primary N) is 2. The maximum Gasteiger partial charge on any atom is 0.514 e. The van der Waals surface area contributed by atoms with Gasteiger partial charge in [0.15, 0.2) is 5.03 Å². The number of rotatable bonds is 15. The van der Waals surface area contributed by atoms with E-state index in [9.17, 15) is 24.5 Å². The van der Waals surface area contributed by atoms with Crippen molar-refractivity contribution >= 4 is 23.9 Å². The number of para-hydroxylation sites is 1. The van der Waals surface area contributed by atoms with Crippen molar-refractivity contribution in [3.63, 3.8) is 0 Å². The zero-order valence-corrected chi connectivity index (χ0v) is 26.0. The zero-order valence-electron chi connectivity index (χ0n) is 26.0. The van der Waals surface area contributed by atoms with E-state index in [2.05, 4.69) is 4.99 Å². The number of nitrogens with one attached hydrogen (secondary N) is 1. The molecule has 13 nitrogen and oxygen atoms in total. The van der Waals surface area contributed by atoms with Gasteiger partial charge in [0, 0.05) is 13.1 Å². The summed E-state index contributed by atoms with van der Waals surface area (Å²) in [7, 11) is 0. The summed E-state index contributed by atoms with van der Waals surface area (Å²) in [6.07, 6.45) is -0.463. The van der Waals surface area contributed by atoms with Crippen molar-refractivity contribution in [2.75, 3.05) is 6.54 Å². The van der Waals surface area contributed by atoms with Gasteiger partial charge in [-0.3, -0.25) is 9.59 Å². The van der Waals surface area contributed by atoms with Gasteiger partial charge in [0.1, 0.15) is 18.4 Å². The molecule has 13 heteroatoms. The summed E-state index contributed by atoms with van der Waals surface area (Å²) in [6, 6.07) is 33.0. The largest absolute Gasteiger partial charge is 0.514 e. The van der Waals surface area contributed by atoms with Gasteiger partial charge in [-0.2, -0.15) is 0 Å². The second kappa shape index (κ2) is 17.5. The molecule has 0 fully saturated rings. The Bertz CT molecular complexity index is 1650. The molecule has 1 atom stereocenters. The summed E-state index contributed by atoms with van der Waals surface area (Å²) in [5, 5.41) is 9.80. The first-order chi connectivity index (χ1) is 23.2. The van der Waals surface area contributed by atoms with E-state index >= 15 is 0 Å². The number of benzene rings is 4. The van der Waals surface area contributed by atoms with Gasteiger partial charge in [-0.15, -0.1) is 0 Å². The minimum absolute atomic E-state index is 0.0358. The fraction of sp³-hybridized carbons (Fsp3) is 0.200. The highest BCUT2D eigenvalue weighted by molar-refractivity contribution is 5.92. The number of nitrogens with zero attached hydrogens (tertiary/aromatic N) is 3. The van der Waals surface area contributed by atoms with Crippen LogP contribution in [0.4, 0.5) is 4.79 Å². The number of ether oxygens (including phenoxy) is 2. The van der Waals surface area contributed by atoms with Gasteiger partial charge in [0.2, 0.25) is 11.8 Å². The molecule has 4 aromatic carbocycles. The molecule has 0 unspecified atom stereocenters. The van der Waals surface area contributed by atoms with Gasteiger partial charge in [-0.25, -0.2) is 19.9 Å². The average Bonchev–Trinajstić information content (AvgIpc) is 3.08. The quantitative estimate of drug-likeness (QED) is 0.0319. The summed E-state index contributed by atoms with van der Waals surface area (Å²) in [5.74, 6) is -1.82. The molecule has 0 saturated carbocycles. The molecule has 0 spiro atoms. The van der Waals surface area contributed by atoms with Crippen molar-refractivity contribution in [1.29, 1.82) is 0 Å². The molecular formula is C35H36N6O7. The Labute approximate surface area is 277 Å². The van der Waals surface area contributed by atoms with Crippen molar-refractivity contribution in [2.45, 2.75) is 38.0 Å². The van der Waals surface area contributed by atoms with Crippen molar-refractivity contribution in [2.24, 2.45) is 16.5 Å².